The molecule has 1 N–H and O–H groups in total. The van der Waals surface area contributed by atoms with Crippen molar-refractivity contribution < 1.29 is 9.84 Å². The van der Waals surface area contributed by atoms with Gasteiger partial charge in [0.2, 0.25) is 0 Å². The van der Waals surface area contributed by atoms with Gasteiger partial charge in [0, 0.05) is 5.33 Å². The zero-order chi connectivity index (χ0) is 11.4. The van der Waals surface area contributed by atoms with Crippen molar-refractivity contribution >= 4 is 15.9 Å². The molecule has 0 aliphatic heterocycles. The van der Waals surface area contributed by atoms with Crippen LogP contribution in [0.1, 0.15) is 23.1 Å². The number of hydrogen-bond acceptors (Lipinski definition) is 2. The van der Waals surface area contributed by atoms with Crippen LogP contribution in [0.15, 0.2) is 6.07 Å². The van der Waals surface area contributed by atoms with Gasteiger partial charge < -0.3 is 9.84 Å². The second-order valence-corrected chi connectivity index (χ2v) is 4.47. The highest BCUT2D eigenvalue weighted by atomic mass is 79.9. The minimum Gasteiger partial charge on any atom is -0.507 e. The lowest BCUT2D eigenvalue weighted by Gasteiger charge is -2.13. The molecule has 0 spiro atoms. The first-order chi connectivity index (χ1) is 7.07. The van der Waals surface area contributed by atoms with Crippen LogP contribution in [0.3, 0.4) is 0 Å². The Balaban J connectivity index is 2.89. The van der Waals surface area contributed by atoms with E-state index in [1.807, 2.05) is 26.8 Å². The van der Waals surface area contributed by atoms with E-state index in [-0.39, 0.29) is 0 Å². The van der Waals surface area contributed by atoms with Crippen LogP contribution in [0.25, 0.3) is 0 Å². The van der Waals surface area contributed by atoms with Crippen LogP contribution in [0.5, 0.6) is 11.5 Å². The van der Waals surface area contributed by atoms with Gasteiger partial charge in [0.25, 0.3) is 0 Å². The van der Waals surface area contributed by atoms with Crippen LogP contribution in [0.2, 0.25) is 0 Å². The summed E-state index contributed by atoms with van der Waals surface area (Å²) in [5.41, 5.74) is 2.79. The molecule has 0 unspecified atom stereocenters. The Morgan fingerprint density at radius 1 is 1.27 bits per heavy atom. The number of phenols is 1. The van der Waals surface area contributed by atoms with Crippen molar-refractivity contribution in [3.63, 3.8) is 0 Å². The third-order valence-electron chi connectivity index (χ3n) is 2.54. The molecule has 0 heterocycles. The number of aryl methyl sites for hydroxylation is 1. The van der Waals surface area contributed by atoms with Gasteiger partial charge in [-0.05, 0) is 49.9 Å². The normalized spacial score (nSPS) is 10.4. The van der Waals surface area contributed by atoms with E-state index in [0.29, 0.717) is 12.4 Å². The van der Waals surface area contributed by atoms with E-state index in [4.69, 9.17) is 4.74 Å². The summed E-state index contributed by atoms with van der Waals surface area (Å²) < 4.78 is 5.65. The summed E-state index contributed by atoms with van der Waals surface area (Å²) in [7, 11) is 0. The summed E-state index contributed by atoms with van der Waals surface area (Å²) in [5, 5.41) is 10.7. The third-order valence-corrected chi connectivity index (χ3v) is 3.10. The standard InChI is InChI=1S/C12H17BrO2/c1-8-7-11(15-6-4-5-13)9(2)10(3)12(8)14/h7,14H,4-6H2,1-3H3. The topological polar surface area (TPSA) is 29.5 Å². The van der Waals surface area contributed by atoms with Gasteiger partial charge >= 0.3 is 0 Å². The van der Waals surface area contributed by atoms with Crippen molar-refractivity contribution in [3.05, 3.63) is 22.8 Å². The van der Waals surface area contributed by atoms with Crippen molar-refractivity contribution in [2.45, 2.75) is 27.2 Å². The molecular formula is C12H17BrO2. The Kier molecular flexibility index (Phi) is 4.45. The molecule has 0 aromatic heterocycles. The van der Waals surface area contributed by atoms with Gasteiger partial charge in [0.15, 0.2) is 0 Å². The molecule has 0 saturated heterocycles. The summed E-state index contributed by atoms with van der Waals surface area (Å²) in [4.78, 5) is 0. The number of hydrogen-bond donors (Lipinski definition) is 1. The minimum absolute atomic E-state index is 0.375. The first kappa shape index (κ1) is 12.4. The second-order valence-electron chi connectivity index (χ2n) is 3.68. The summed E-state index contributed by atoms with van der Waals surface area (Å²) in [6, 6.07) is 1.89. The number of alkyl halides is 1. The van der Waals surface area contributed by atoms with Gasteiger partial charge in [-0.2, -0.15) is 0 Å². The van der Waals surface area contributed by atoms with Crippen molar-refractivity contribution in [1.82, 2.24) is 0 Å². The summed E-state index contributed by atoms with van der Waals surface area (Å²) >= 11 is 3.36. The molecule has 3 heteroatoms. The number of halogens is 1. The average molecular weight is 273 g/mol. The highest BCUT2D eigenvalue weighted by molar-refractivity contribution is 9.09. The summed E-state index contributed by atoms with van der Waals surface area (Å²) in [6.45, 7) is 6.47. The smallest absolute Gasteiger partial charge is 0.122 e. The van der Waals surface area contributed by atoms with Gasteiger partial charge in [0.1, 0.15) is 11.5 Å². The molecule has 1 aromatic rings. The molecule has 0 aliphatic carbocycles. The van der Waals surface area contributed by atoms with Crippen LogP contribution >= 0.6 is 15.9 Å². The van der Waals surface area contributed by atoms with Crippen LogP contribution in [0.4, 0.5) is 0 Å². The fourth-order valence-corrected chi connectivity index (χ4v) is 1.65. The van der Waals surface area contributed by atoms with E-state index in [1.165, 1.54) is 0 Å². The highest BCUT2D eigenvalue weighted by Crippen LogP contribution is 2.31. The average Bonchev–Trinajstić information content (AvgIpc) is 2.23. The molecule has 1 aromatic carbocycles. The maximum absolute atomic E-state index is 9.72. The first-order valence-corrected chi connectivity index (χ1v) is 6.18. The van der Waals surface area contributed by atoms with Crippen molar-refractivity contribution in [2.75, 3.05) is 11.9 Å². The van der Waals surface area contributed by atoms with Gasteiger partial charge in [-0.15, -0.1) is 0 Å². The fourth-order valence-electron chi connectivity index (χ4n) is 1.42. The molecule has 0 bridgehead atoms. The molecule has 15 heavy (non-hydrogen) atoms. The number of ether oxygens (including phenoxy) is 1. The first-order valence-electron chi connectivity index (χ1n) is 5.06. The van der Waals surface area contributed by atoms with E-state index in [1.54, 1.807) is 0 Å². The molecule has 0 aliphatic rings. The predicted octanol–water partition coefficient (Wildman–Crippen LogP) is 3.48. The zero-order valence-electron chi connectivity index (χ0n) is 9.43. The number of benzene rings is 1. The molecule has 0 atom stereocenters. The number of rotatable bonds is 4. The molecule has 0 amide bonds. The third kappa shape index (κ3) is 2.88. The van der Waals surface area contributed by atoms with Gasteiger partial charge in [-0.1, -0.05) is 15.9 Å². The summed E-state index contributed by atoms with van der Waals surface area (Å²) in [6.07, 6.45) is 0.985. The lowest BCUT2D eigenvalue weighted by Crippen LogP contribution is -2.01. The van der Waals surface area contributed by atoms with Crippen LogP contribution < -0.4 is 4.74 Å². The molecule has 1 rings (SSSR count). The Hall–Kier alpha value is -0.700. The lowest BCUT2D eigenvalue weighted by atomic mass is 10.0. The Labute approximate surface area is 99.4 Å². The molecule has 2 nitrogen and oxygen atoms in total. The Morgan fingerprint density at radius 2 is 1.93 bits per heavy atom. The van der Waals surface area contributed by atoms with Crippen molar-refractivity contribution in [2.24, 2.45) is 0 Å². The van der Waals surface area contributed by atoms with E-state index in [2.05, 4.69) is 15.9 Å². The fraction of sp³-hybridized carbons (Fsp3) is 0.500. The predicted molar refractivity (Wildman–Crippen MR) is 66.2 cm³/mol. The highest BCUT2D eigenvalue weighted by Gasteiger charge is 2.09. The molecule has 0 fully saturated rings. The monoisotopic (exact) mass is 272 g/mol. The van der Waals surface area contributed by atoms with Crippen molar-refractivity contribution in [1.29, 1.82) is 0 Å². The number of aromatic hydroxyl groups is 1. The lowest BCUT2D eigenvalue weighted by molar-refractivity contribution is 0.315. The van der Waals surface area contributed by atoms with E-state index >= 15 is 0 Å². The summed E-state index contributed by atoms with van der Waals surface area (Å²) in [5.74, 6) is 1.25. The molecule has 0 saturated carbocycles. The SMILES string of the molecule is Cc1cc(OCCCBr)c(C)c(C)c1O. The van der Waals surface area contributed by atoms with E-state index < -0.39 is 0 Å². The van der Waals surface area contributed by atoms with Crippen LogP contribution in [-0.2, 0) is 0 Å². The Morgan fingerprint density at radius 3 is 2.53 bits per heavy atom. The maximum Gasteiger partial charge on any atom is 0.122 e. The second kappa shape index (κ2) is 5.40. The molecule has 84 valence electrons. The number of phenolic OH excluding ortho intramolecular Hbond substituents is 1. The quantitative estimate of drug-likeness (QED) is 0.672. The van der Waals surface area contributed by atoms with Gasteiger partial charge in [-0.25, -0.2) is 0 Å². The molecular weight excluding hydrogens is 256 g/mol. The van der Waals surface area contributed by atoms with Gasteiger partial charge in [-0.3, -0.25) is 0 Å². The van der Waals surface area contributed by atoms with E-state index in [9.17, 15) is 5.11 Å². The maximum atomic E-state index is 9.72. The largest absolute Gasteiger partial charge is 0.507 e. The van der Waals surface area contributed by atoms with Crippen LogP contribution in [-0.4, -0.2) is 17.0 Å². The van der Waals surface area contributed by atoms with Gasteiger partial charge in [0.05, 0.1) is 6.61 Å². The van der Waals surface area contributed by atoms with Crippen LogP contribution in [0, 0.1) is 20.8 Å². The Bertz CT molecular complexity index is 348. The van der Waals surface area contributed by atoms with Crippen molar-refractivity contribution in [3.8, 4) is 11.5 Å². The zero-order valence-corrected chi connectivity index (χ0v) is 11.0. The molecule has 0 radical (unpaired) electrons. The van der Waals surface area contributed by atoms with E-state index in [0.717, 1.165) is 34.2 Å². The minimum atomic E-state index is 0.375.